The molecule has 0 fully saturated rings. The number of nitrogens with one attached hydrogen (secondary N) is 1. The van der Waals surface area contributed by atoms with E-state index in [0.29, 0.717) is 12.3 Å². The van der Waals surface area contributed by atoms with Crippen molar-refractivity contribution < 1.29 is 4.79 Å². The Hall–Kier alpha value is -0.570. The van der Waals surface area contributed by atoms with Crippen molar-refractivity contribution in [1.82, 2.24) is 5.32 Å². The molecule has 0 radical (unpaired) electrons. The van der Waals surface area contributed by atoms with Crippen LogP contribution in [0.4, 0.5) is 0 Å². The van der Waals surface area contributed by atoms with Gasteiger partial charge in [0.1, 0.15) is 0 Å². The van der Waals surface area contributed by atoms with Gasteiger partial charge in [-0.3, -0.25) is 4.79 Å². The highest BCUT2D eigenvalue weighted by molar-refractivity contribution is 5.76. The second kappa shape index (κ2) is 6.11. The predicted molar refractivity (Wildman–Crippen MR) is 64.5 cm³/mol. The molecule has 0 aliphatic carbocycles. The molecule has 3 N–H and O–H groups in total. The van der Waals surface area contributed by atoms with Gasteiger partial charge in [-0.1, -0.05) is 34.6 Å². The number of hydrogen-bond acceptors (Lipinski definition) is 2. The van der Waals surface area contributed by atoms with Crippen LogP contribution in [-0.2, 0) is 4.79 Å². The fraction of sp³-hybridized carbons (Fsp3) is 0.917. The largest absolute Gasteiger partial charge is 0.356 e. The molecule has 15 heavy (non-hydrogen) atoms. The van der Waals surface area contributed by atoms with Crippen molar-refractivity contribution in [1.29, 1.82) is 0 Å². The van der Waals surface area contributed by atoms with Crippen molar-refractivity contribution in [3.05, 3.63) is 0 Å². The first-order valence-electron chi connectivity index (χ1n) is 5.79. The van der Waals surface area contributed by atoms with Gasteiger partial charge in [-0.25, -0.2) is 0 Å². The van der Waals surface area contributed by atoms with E-state index in [9.17, 15) is 4.79 Å². The molecule has 0 heterocycles. The van der Waals surface area contributed by atoms with E-state index in [1.54, 1.807) is 0 Å². The Morgan fingerprint density at radius 1 is 1.40 bits per heavy atom. The molecule has 3 nitrogen and oxygen atoms in total. The van der Waals surface area contributed by atoms with Crippen LogP contribution in [0.25, 0.3) is 0 Å². The van der Waals surface area contributed by atoms with Crippen LogP contribution < -0.4 is 11.1 Å². The average molecular weight is 214 g/mol. The van der Waals surface area contributed by atoms with E-state index in [0.717, 1.165) is 13.0 Å². The monoisotopic (exact) mass is 214 g/mol. The third-order valence-corrected chi connectivity index (χ3v) is 3.06. The van der Waals surface area contributed by atoms with Gasteiger partial charge in [0.05, 0.1) is 0 Å². The molecule has 2 unspecified atom stereocenters. The Balaban J connectivity index is 3.81. The number of carbonyl (C=O) groups is 1. The maximum atomic E-state index is 11.5. The molecule has 0 saturated heterocycles. The molecular weight excluding hydrogens is 188 g/mol. The fourth-order valence-electron chi connectivity index (χ4n) is 1.03. The van der Waals surface area contributed by atoms with Gasteiger partial charge in [0.15, 0.2) is 0 Å². The van der Waals surface area contributed by atoms with Gasteiger partial charge >= 0.3 is 0 Å². The quantitative estimate of drug-likeness (QED) is 0.734. The molecule has 0 spiro atoms. The summed E-state index contributed by atoms with van der Waals surface area (Å²) in [6, 6.07) is -0.00468. The summed E-state index contributed by atoms with van der Waals surface area (Å²) in [6.45, 7) is 11.4. The summed E-state index contributed by atoms with van der Waals surface area (Å²) in [5.74, 6) is 0.541. The van der Waals surface area contributed by atoms with Crippen molar-refractivity contribution >= 4 is 5.91 Å². The highest BCUT2D eigenvalue weighted by atomic mass is 16.1. The third kappa shape index (κ3) is 6.50. The summed E-state index contributed by atoms with van der Waals surface area (Å²) in [6.07, 6.45) is 1.29. The Morgan fingerprint density at radius 3 is 2.33 bits per heavy atom. The molecule has 0 saturated carbocycles. The van der Waals surface area contributed by atoms with Gasteiger partial charge in [-0.05, 0) is 17.8 Å². The highest BCUT2D eigenvalue weighted by Crippen LogP contribution is 2.24. The second-order valence-corrected chi connectivity index (χ2v) is 5.44. The topological polar surface area (TPSA) is 55.1 Å². The van der Waals surface area contributed by atoms with Crippen molar-refractivity contribution in [3.63, 3.8) is 0 Å². The Morgan fingerprint density at radius 2 is 1.93 bits per heavy atom. The zero-order valence-corrected chi connectivity index (χ0v) is 10.8. The van der Waals surface area contributed by atoms with Gasteiger partial charge in [-0.2, -0.15) is 0 Å². The number of hydrogen-bond donors (Lipinski definition) is 2. The smallest absolute Gasteiger partial charge is 0.221 e. The molecule has 3 heteroatoms. The minimum atomic E-state index is -0.00468. The second-order valence-electron chi connectivity index (χ2n) is 5.44. The molecule has 90 valence electrons. The van der Waals surface area contributed by atoms with Crippen molar-refractivity contribution in [2.75, 3.05) is 6.54 Å². The van der Waals surface area contributed by atoms with Crippen LogP contribution in [0, 0.1) is 11.3 Å². The molecule has 0 aliphatic rings. The van der Waals surface area contributed by atoms with Crippen LogP contribution >= 0.6 is 0 Å². The molecular formula is C12H26N2O. The van der Waals surface area contributed by atoms with Crippen molar-refractivity contribution in [2.24, 2.45) is 17.1 Å². The minimum absolute atomic E-state index is 0.00468. The summed E-state index contributed by atoms with van der Waals surface area (Å²) < 4.78 is 0. The van der Waals surface area contributed by atoms with E-state index in [4.69, 9.17) is 5.73 Å². The summed E-state index contributed by atoms with van der Waals surface area (Å²) in [5.41, 5.74) is 5.94. The molecule has 0 aromatic carbocycles. The summed E-state index contributed by atoms with van der Waals surface area (Å²) >= 11 is 0. The van der Waals surface area contributed by atoms with Crippen LogP contribution in [0.15, 0.2) is 0 Å². The number of nitrogens with two attached hydrogens (primary N) is 1. The van der Waals surface area contributed by atoms with Crippen LogP contribution in [-0.4, -0.2) is 18.5 Å². The molecule has 0 aliphatic heterocycles. The van der Waals surface area contributed by atoms with Crippen LogP contribution in [0.1, 0.15) is 47.5 Å². The predicted octanol–water partition coefficient (Wildman–Crippen LogP) is 1.91. The Bertz CT molecular complexity index is 196. The van der Waals surface area contributed by atoms with Gasteiger partial charge in [0.25, 0.3) is 0 Å². The molecule has 0 bridgehead atoms. The summed E-state index contributed by atoms with van der Waals surface area (Å²) in [5, 5.41) is 2.94. The van der Waals surface area contributed by atoms with Crippen molar-refractivity contribution in [2.45, 2.75) is 53.5 Å². The lowest BCUT2D eigenvalue weighted by atomic mass is 9.82. The van der Waals surface area contributed by atoms with E-state index < -0.39 is 0 Å². The zero-order chi connectivity index (χ0) is 12.1. The first-order chi connectivity index (χ1) is 6.77. The highest BCUT2D eigenvalue weighted by Gasteiger charge is 2.20. The molecule has 2 atom stereocenters. The number of rotatable bonds is 5. The summed E-state index contributed by atoms with van der Waals surface area (Å²) in [4.78, 5) is 11.5. The average Bonchev–Trinajstić information content (AvgIpc) is 2.12. The minimum Gasteiger partial charge on any atom is -0.356 e. The molecule has 0 aromatic rings. The SMILES string of the molecule is CCC(N)CC(=O)NCC(C)C(C)(C)C. The van der Waals surface area contributed by atoms with Gasteiger partial charge in [-0.15, -0.1) is 0 Å². The normalized spacial score (nSPS) is 15.9. The molecule has 0 aromatic heterocycles. The third-order valence-electron chi connectivity index (χ3n) is 3.06. The first-order valence-corrected chi connectivity index (χ1v) is 5.79. The first kappa shape index (κ1) is 14.4. The lowest BCUT2D eigenvalue weighted by Crippen LogP contribution is -2.36. The lowest BCUT2D eigenvalue weighted by Gasteiger charge is -2.27. The van der Waals surface area contributed by atoms with E-state index in [2.05, 4.69) is 33.0 Å². The maximum absolute atomic E-state index is 11.5. The standard InChI is InChI=1S/C12H26N2O/c1-6-10(13)7-11(15)14-8-9(2)12(3,4)5/h9-10H,6-8,13H2,1-5H3,(H,14,15). The Kier molecular flexibility index (Phi) is 5.88. The fourth-order valence-corrected chi connectivity index (χ4v) is 1.03. The maximum Gasteiger partial charge on any atom is 0.221 e. The van der Waals surface area contributed by atoms with Gasteiger partial charge in [0, 0.05) is 19.0 Å². The number of carbonyl (C=O) groups excluding carboxylic acids is 1. The van der Waals surface area contributed by atoms with Crippen LogP contribution in [0.3, 0.4) is 0 Å². The molecule has 1 amide bonds. The van der Waals surface area contributed by atoms with Crippen LogP contribution in [0.5, 0.6) is 0 Å². The molecule has 0 rings (SSSR count). The van der Waals surface area contributed by atoms with E-state index in [1.165, 1.54) is 0 Å². The van der Waals surface area contributed by atoms with E-state index in [1.807, 2.05) is 6.92 Å². The summed E-state index contributed by atoms with van der Waals surface area (Å²) in [7, 11) is 0. The van der Waals surface area contributed by atoms with Crippen LogP contribution in [0.2, 0.25) is 0 Å². The number of amides is 1. The van der Waals surface area contributed by atoms with E-state index >= 15 is 0 Å². The van der Waals surface area contributed by atoms with Gasteiger partial charge in [0.2, 0.25) is 5.91 Å². The van der Waals surface area contributed by atoms with Crippen molar-refractivity contribution in [3.8, 4) is 0 Å². The Labute approximate surface area is 93.8 Å². The lowest BCUT2D eigenvalue weighted by molar-refractivity contribution is -0.121. The van der Waals surface area contributed by atoms with Gasteiger partial charge < -0.3 is 11.1 Å². The zero-order valence-electron chi connectivity index (χ0n) is 10.8. The van der Waals surface area contributed by atoms with E-state index in [-0.39, 0.29) is 17.4 Å².